The van der Waals surface area contributed by atoms with Crippen LogP contribution in [0.25, 0.3) is 22.1 Å². The number of nitrogens with one attached hydrogen (secondary N) is 4. The molecule has 0 fully saturated rings. The molecule has 69 heavy (non-hydrogen) atoms. The van der Waals surface area contributed by atoms with Gasteiger partial charge in [0.15, 0.2) is 0 Å². The molecule has 0 aliphatic heterocycles. The minimum atomic E-state index is -4.76. The zero-order chi connectivity index (χ0) is 50.5. The van der Waals surface area contributed by atoms with Gasteiger partial charge in [-0.2, -0.15) is 26.3 Å². The van der Waals surface area contributed by atoms with Gasteiger partial charge in [0.05, 0.1) is 53.9 Å². The number of anilines is 2. The van der Waals surface area contributed by atoms with Crippen LogP contribution in [0.2, 0.25) is 10.0 Å². The number of alkyl halides is 6. The number of nitrogens with zero attached hydrogens (tertiary/aromatic N) is 4. The molecule has 0 atom stereocenters. The van der Waals surface area contributed by atoms with E-state index in [1.54, 1.807) is 32.2 Å². The number of sulfonamides is 2. The number of carbonyl (C=O) groups excluding carboxylic acids is 2. The first kappa shape index (κ1) is 49.8. The van der Waals surface area contributed by atoms with Gasteiger partial charge in [-0.3, -0.25) is 19.0 Å². The molecule has 0 aliphatic carbocycles. The molecule has 2 aromatic carbocycles. The largest absolute Gasteiger partial charge is 0.416 e. The van der Waals surface area contributed by atoms with Gasteiger partial charge in [-0.05, 0) is 92.9 Å². The highest BCUT2D eigenvalue weighted by Gasteiger charge is 2.36. The maximum Gasteiger partial charge on any atom is 0.416 e. The first-order valence-corrected chi connectivity index (χ1v) is 23.4. The zero-order valence-electron chi connectivity index (χ0n) is 35.8. The fourth-order valence-electron chi connectivity index (χ4n) is 7.17. The SMILES string of the molecule is Cc1ccc(S(=O)(=O)Nc2cc(Cl)cnc2C(=O)c2c(C)c[n+](O)c3[nH]ccc23)cc1C(F)(F)F.Cc1ccc(S(=O)(=O)Nc2cc(Cl)cnc2C(=O)c2c(C)cnc3[nH]ccc23)cc1C(F)(F)F. The van der Waals surface area contributed by atoms with Crippen molar-refractivity contribution in [1.82, 2.24) is 24.9 Å². The van der Waals surface area contributed by atoms with E-state index in [9.17, 15) is 58.0 Å². The van der Waals surface area contributed by atoms with Gasteiger partial charge in [0.25, 0.3) is 20.0 Å². The van der Waals surface area contributed by atoms with E-state index in [1.807, 2.05) is 0 Å². The number of hydrogen-bond acceptors (Lipinski definition) is 10. The van der Waals surface area contributed by atoms with Crippen LogP contribution in [0.3, 0.4) is 0 Å². The third-order valence-electron chi connectivity index (χ3n) is 10.4. The monoisotopic (exact) mass is 1030 g/mol. The number of pyridine rings is 4. The lowest BCUT2D eigenvalue weighted by molar-refractivity contribution is -0.886. The highest BCUT2D eigenvalue weighted by molar-refractivity contribution is 7.93. The second-order valence-electron chi connectivity index (χ2n) is 15.2. The zero-order valence-corrected chi connectivity index (χ0v) is 38.9. The normalized spacial score (nSPS) is 12.2. The van der Waals surface area contributed by atoms with Crippen LogP contribution in [0.15, 0.2) is 108 Å². The van der Waals surface area contributed by atoms with Crippen LogP contribution in [0.4, 0.5) is 37.7 Å². The Morgan fingerprint density at radius 2 is 1.06 bits per heavy atom. The minimum absolute atomic E-state index is 0.0103. The third-order valence-corrected chi connectivity index (χ3v) is 13.6. The Morgan fingerprint density at radius 1 is 0.609 bits per heavy atom. The van der Waals surface area contributed by atoms with Crippen molar-refractivity contribution >= 4 is 88.3 Å². The first-order valence-electron chi connectivity index (χ1n) is 19.6. The molecule has 0 radical (unpaired) electrons. The number of rotatable bonds is 10. The molecular formula is C44H33Cl2F6N8O7S2+. The van der Waals surface area contributed by atoms with Gasteiger partial charge in [0.2, 0.25) is 11.6 Å². The summed E-state index contributed by atoms with van der Waals surface area (Å²) in [4.78, 5) is 43.5. The molecule has 0 saturated heterocycles. The lowest BCUT2D eigenvalue weighted by Gasteiger charge is -2.15. The smallest absolute Gasteiger partial charge is 0.350 e. The van der Waals surface area contributed by atoms with E-state index < -0.39 is 64.9 Å². The summed E-state index contributed by atoms with van der Waals surface area (Å²) in [7, 11) is -9.10. The van der Waals surface area contributed by atoms with Crippen LogP contribution in [0.5, 0.6) is 0 Å². The average Bonchev–Trinajstić information content (AvgIpc) is 3.94. The Labute approximate surface area is 397 Å². The Morgan fingerprint density at radius 3 is 1.54 bits per heavy atom. The molecular weight excluding hydrogens is 1000 g/mol. The molecule has 6 aromatic heterocycles. The van der Waals surface area contributed by atoms with E-state index in [1.165, 1.54) is 44.7 Å². The molecule has 5 N–H and O–H groups in total. The molecule has 0 amide bonds. The number of aromatic nitrogens is 6. The second-order valence-corrected chi connectivity index (χ2v) is 19.5. The second kappa shape index (κ2) is 18.4. The van der Waals surface area contributed by atoms with E-state index in [2.05, 4.69) is 34.4 Å². The highest BCUT2D eigenvalue weighted by atomic mass is 35.5. The average molecular weight is 1030 g/mol. The summed E-state index contributed by atoms with van der Waals surface area (Å²) in [6.45, 7) is 5.67. The maximum atomic E-state index is 13.5. The van der Waals surface area contributed by atoms with Crippen LogP contribution in [0, 0.1) is 27.7 Å². The summed E-state index contributed by atoms with van der Waals surface area (Å²) in [6.07, 6.45) is -1.32. The maximum absolute atomic E-state index is 13.5. The predicted molar refractivity (Wildman–Crippen MR) is 241 cm³/mol. The van der Waals surface area contributed by atoms with Gasteiger partial charge in [-0.1, -0.05) is 40.1 Å². The van der Waals surface area contributed by atoms with E-state index in [4.69, 9.17) is 23.2 Å². The van der Waals surface area contributed by atoms with Crippen LogP contribution in [0.1, 0.15) is 65.5 Å². The van der Waals surface area contributed by atoms with E-state index in [-0.39, 0.29) is 60.7 Å². The van der Waals surface area contributed by atoms with Gasteiger partial charge in [-0.25, -0.2) is 36.8 Å². The Kier molecular flexibility index (Phi) is 13.3. The van der Waals surface area contributed by atoms with Crippen molar-refractivity contribution in [2.75, 3.05) is 9.44 Å². The van der Waals surface area contributed by atoms with E-state index in [0.29, 0.717) is 39.7 Å². The Bertz CT molecular complexity index is 3620. The third kappa shape index (κ3) is 10.2. The summed E-state index contributed by atoms with van der Waals surface area (Å²) >= 11 is 12.0. The molecule has 0 aliphatic rings. The summed E-state index contributed by atoms with van der Waals surface area (Å²) in [6, 6.07) is 10.7. The number of carbonyl (C=O) groups is 2. The molecule has 6 heterocycles. The van der Waals surface area contributed by atoms with Crippen molar-refractivity contribution in [2.45, 2.75) is 49.8 Å². The molecule has 15 nitrogen and oxygen atoms in total. The molecule has 358 valence electrons. The van der Waals surface area contributed by atoms with Crippen LogP contribution in [-0.4, -0.2) is 58.5 Å². The van der Waals surface area contributed by atoms with Gasteiger partial charge in [0, 0.05) is 46.9 Å². The summed E-state index contributed by atoms with van der Waals surface area (Å²) in [5.41, 5.74) is -1.72. The van der Waals surface area contributed by atoms with Gasteiger partial charge >= 0.3 is 18.0 Å². The quantitative estimate of drug-likeness (QED) is 0.0378. The van der Waals surface area contributed by atoms with Crippen LogP contribution < -0.4 is 14.2 Å². The lowest BCUT2D eigenvalue weighted by Crippen LogP contribution is -2.32. The highest BCUT2D eigenvalue weighted by Crippen LogP contribution is 2.36. The van der Waals surface area contributed by atoms with Crippen molar-refractivity contribution in [3.8, 4) is 0 Å². The van der Waals surface area contributed by atoms with Crippen molar-refractivity contribution in [3.05, 3.63) is 164 Å². The van der Waals surface area contributed by atoms with Crippen molar-refractivity contribution in [2.24, 2.45) is 0 Å². The first-order chi connectivity index (χ1) is 32.2. The lowest BCUT2D eigenvalue weighted by atomic mass is 10.00. The van der Waals surface area contributed by atoms with Gasteiger partial charge < -0.3 is 10.2 Å². The predicted octanol–water partition coefficient (Wildman–Crippen LogP) is 9.69. The number of ketones is 2. The van der Waals surface area contributed by atoms with Gasteiger partial charge in [-0.15, -0.1) is 0 Å². The molecule has 0 saturated carbocycles. The van der Waals surface area contributed by atoms with Gasteiger partial charge in [0.1, 0.15) is 23.2 Å². The number of benzene rings is 2. The van der Waals surface area contributed by atoms with Crippen molar-refractivity contribution in [1.29, 1.82) is 0 Å². The number of hydrogen-bond donors (Lipinski definition) is 5. The molecule has 0 unspecified atom stereocenters. The molecule has 8 aromatic rings. The van der Waals surface area contributed by atoms with Crippen molar-refractivity contribution < 1.29 is 62.7 Å². The van der Waals surface area contributed by atoms with E-state index >= 15 is 0 Å². The molecule has 0 bridgehead atoms. The fourth-order valence-corrected chi connectivity index (χ4v) is 9.66. The molecule has 25 heteroatoms. The van der Waals surface area contributed by atoms with Crippen molar-refractivity contribution in [3.63, 3.8) is 0 Å². The number of aryl methyl sites for hydroxylation is 4. The van der Waals surface area contributed by atoms with Crippen LogP contribution >= 0.6 is 23.2 Å². The number of H-pyrrole nitrogens is 2. The standard InChI is InChI=1S/C22H16ClF3N4O4S.C22H16ClF3N4O3S/c1-11-3-4-14(8-16(11)22(24,25)26)35(33,34)29-17-7-13(23)9-28-19(17)20(31)18-12(2)10-30(32)21-15(18)5-6-27-21;1-11-3-4-14(8-16(11)22(24,25)26)34(32,33)30-17-7-13(23)10-28-19(17)20(31)18-12(2)9-29-21-15(18)5-6-27-21/h3-10,32H,1-2H3,(H,29,31);3-10,30H,1-2H3,(H,27,29)/p+1. The van der Waals surface area contributed by atoms with E-state index in [0.717, 1.165) is 41.3 Å². The topological polar surface area (TPSA) is 221 Å². The Balaban J connectivity index is 0.000000204. The fraction of sp³-hybridized carbons (Fsp3) is 0.136. The molecule has 8 rings (SSSR count). The van der Waals surface area contributed by atoms with Crippen LogP contribution in [-0.2, 0) is 32.4 Å². The summed E-state index contributed by atoms with van der Waals surface area (Å²) < 4.78 is 137. The molecule has 0 spiro atoms. The number of fused-ring (bicyclic) bond motifs is 2. The Hall–Kier alpha value is -7.08. The summed E-state index contributed by atoms with van der Waals surface area (Å²) in [5.74, 6) is -1.30. The summed E-state index contributed by atoms with van der Waals surface area (Å²) in [5, 5.41) is 10.9. The number of halogens is 8. The minimum Gasteiger partial charge on any atom is -0.350 e. The number of aromatic amines is 2.